The Morgan fingerprint density at radius 3 is 2.49 bits per heavy atom. The number of aromatic nitrogens is 3. The molecule has 2 N–H and O–H groups in total. The summed E-state index contributed by atoms with van der Waals surface area (Å²) < 4.78 is 39.0. The predicted molar refractivity (Wildman–Crippen MR) is 137 cm³/mol. The average molecular weight is 541 g/mol. The van der Waals surface area contributed by atoms with Gasteiger partial charge < -0.3 is 20.2 Å². The zero-order valence-corrected chi connectivity index (χ0v) is 21.1. The Hall–Kier alpha value is -4.22. The molecular weight excluding hydrogens is 513 g/mol. The van der Waals surface area contributed by atoms with Crippen molar-refractivity contribution in [1.29, 1.82) is 0 Å². The van der Waals surface area contributed by atoms with Gasteiger partial charge in [-0.15, -0.1) is 0 Å². The van der Waals surface area contributed by atoms with Crippen LogP contribution < -0.4 is 10.2 Å². The van der Waals surface area contributed by atoms with E-state index >= 15 is 0 Å². The molecule has 0 spiro atoms. The Balaban J connectivity index is 1.24. The van der Waals surface area contributed by atoms with Crippen LogP contribution in [0, 0.1) is 12.8 Å². The van der Waals surface area contributed by atoms with Gasteiger partial charge in [0, 0.05) is 55.7 Å². The van der Waals surface area contributed by atoms with Crippen LogP contribution in [0.2, 0.25) is 0 Å². The van der Waals surface area contributed by atoms with E-state index < -0.39 is 23.8 Å². The number of nitrogens with zero attached hydrogens (tertiary/aromatic N) is 5. The lowest BCUT2D eigenvalue weighted by Crippen LogP contribution is -2.46. The number of pyridine rings is 1. The van der Waals surface area contributed by atoms with Gasteiger partial charge in [0.05, 0.1) is 5.92 Å². The molecule has 2 aliphatic rings. The number of aryl methyl sites for hydroxylation is 1. The molecule has 204 valence electrons. The van der Waals surface area contributed by atoms with Crippen LogP contribution in [0.3, 0.4) is 0 Å². The van der Waals surface area contributed by atoms with Gasteiger partial charge in [0.2, 0.25) is 11.9 Å². The lowest BCUT2D eigenvalue weighted by Gasteiger charge is -2.37. The van der Waals surface area contributed by atoms with Gasteiger partial charge in [-0.1, -0.05) is 6.07 Å². The molecule has 0 saturated carbocycles. The quantitative estimate of drug-likeness (QED) is 0.470. The first kappa shape index (κ1) is 26.4. The van der Waals surface area contributed by atoms with Crippen molar-refractivity contribution in [3.8, 4) is 11.1 Å². The third-order valence-corrected chi connectivity index (χ3v) is 7.10. The molecular formula is C27H27F3N6O3. The fourth-order valence-corrected chi connectivity index (χ4v) is 5.13. The fraction of sp³-hybridized carbons (Fsp3) is 0.370. The third kappa shape index (κ3) is 5.94. The Bertz CT molecular complexity index is 1370. The van der Waals surface area contributed by atoms with E-state index in [1.165, 1.54) is 0 Å². The first-order valence-electron chi connectivity index (χ1n) is 12.6. The number of halogens is 3. The van der Waals surface area contributed by atoms with Crippen molar-refractivity contribution in [2.45, 2.75) is 38.4 Å². The van der Waals surface area contributed by atoms with E-state index in [0.717, 1.165) is 47.6 Å². The number of anilines is 3. The van der Waals surface area contributed by atoms with Crippen LogP contribution in [-0.2, 0) is 15.8 Å². The summed E-state index contributed by atoms with van der Waals surface area (Å²) in [5.74, 6) is -0.980. The first-order valence-corrected chi connectivity index (χ1v) is 12.6. The fourth-order valence-electron chi connectivity index (χ4n) is 5.13. The normalized spacial score (nSPS) is 18.5. The number of carboxylic acid groups (broad SMARTS) is 1. The average Bonchev–Trinajstić information content (AvgIpc) is 3.30. The summed E-state index contributed by atoms with van der Waals surface area (Å²) in [5.41, 5.74) is 2.11. The van der Waals surface area contributed by atoms with Crippen LogP contribution in [0.1, 0.15) is 30.5 Å². The molecule has 0 bridgehead atoms. The zero-order valence-electron chi connectivity index (χ0n) is 21.1. The van der Waals surface area contributed by atoms with Gasteiger partial charge in [-0.3, -0.25) is 9.59 Å². The molecule has 2 aromatic heterocycles. The maximum atomic E-state index is 13.0. The summed E-state index contributed by atoms with van der Waals surface area (Å²) in [6.45, 7) is 3.57. The number of amides is 1. The van der Waals surface area contributed by atoms with E-state index in [0.29, 0.717) is 18.8 Å². The number of rotatable bonds is 6. The Morgan fingerprint density at radius 2 is 1.85 bits per heavy atom. The molecule has 0 aliphatic carbocycles. The minimum absolute atomic E-state index is 0.0383. The van der Waals surface area contributed by atoms with Crippen molar-refractivity contribution < 1.29 is 27.9 Å². The molecule has 2 fully saturated rings. The second-order valence-electron chi connectivity index (χ2n) is 9.88. The largest absolute Gasteiger partial charge is 0.481 e. The summed E-state index contributed by atoms with van der Waals surface area (Å²) in [7, 11) is 0. The van der Waals surface area contributed by atoms with Crippen molar-refractivity contribution in [2.24, 2.45) is 5.92 Å². The number of aliphatic carboxylic acids is 1. The third-order valence-electron chi connectivity index (χ3n) is 7.10. The van der Waals surface area contributed by atoms with Crippen molar-refractivity contribution in [3.63, 3.8) is 0 Å². The molecule has 4 heterocycles. The number of carbonyl (C=O) groups is 2. The highest BCUT2D eigenvalue weighted by atomic mass is 19.4. The van der Waals surface area contributed by atoms with E-state index in [-0.39, 0.29) is 30.9 Å². The monoisotopic (exact) mass is 540 g/mol. The van der Waals surface area contributed by atoms with Crippen LogP contribution in [0.25, 0.3) is 11.1 Å². The van der Waals surface area contributed by atoms with Gasteiger partial charge in [-0.25, -0.2) is 15.0 Å². The van der Waals surface area contributed by atoms with Crippen molar-refractivity contribution in [3.05, 3.63) is 60.0 Å². The molecule has 2 saturated heterocycles. The van der Waals surface area contributed by atoms with Gasteiger partial charge in [-0.2, -0.15) is 13.2 Å². The Morgan fingerprint density at radius 1 is 1.08 bits per heavy atom. The summed E-state index contributed by atoms with van der Waals surface area (Å²) in [6.07, 6.45) is -0.188. The van der Waals surface area contributed by atoms with Gasteiger partial charge in [0.15, 0.2) is 0 Å². The van der Waals surface area contributed by atoms with E-state index in [9.17, 15) is 27.9 Å². The highest BCUT2D eigenvalue weighted by molar-refractivity contribution is 5.86. The smallest absolute Gasteiger partial charge is 0.433 e. The van der Waals surface area contributed by atoms with Gasteiger partial charge in [0.25, 0.3) is 0 Å². The topological polar surface area (TPSA) is 112 Å². The summed E-state index contributed by atoms with van der Waals surface area (Å²) in [5, 5.41) is 12.1. The number of alkyl halides is 3. The van der Waals surface area contributed by atoms with Crippen molar-refractivity contribution in [2.75, 3.05) is 29.9 Å². The maximum absolute atomic E-state index is 13.0. The van der Waals surface area contributed by atoms with Gasteiger partial charge in [0.1, 0.15) is 11.5 Å². The highest BCUT2D eigenvalue weighted by Crippen LogP contribution is 2.31. The van der Waals surface area contributed by atoms with E-state index in [2.05, 4.69) is 25.2 Å². The molecule has 2 aliphatic heterocycles. The number of hydrogen-bond donors (Lipinski definition) is 2. The highest BCUT2D eigenvalue weighted by Gasteiger charge is 2.39. The number of benzene rings is 1. The second kappa shape index (κ2) is 10.5. The van der Waals surface area contributed by atoms with Gasteiger partial charge >= 0.3 is 12.1 Å². The van der Waals surface area contributed by atoms with E-state index in [1.54, 1.807) is 23.2 Å². The number of nitrogens with one attached hydrogen (secondary N) is 1. The summed E-state index contributed by atoms with van der Waals surface area (Å²) in [4.78, 5) is 39.5. The molecule has 3 aromatic rings. The standard InChI is InChI=1S/C27H27F3N6O3/c1-16-10-18(12-20(11-16)33-26-31-7-4-22(34-26)27(28,29)30)17-2-3-23(32-14-17)35-8-5-21(6-9-35)36-15-19(25(38)39)13-24(36)37/h2-4,7,10-12,14,19,21H,5-6,8-9,13,15H2,1H3,(H,38,39)(H,31,33,34). The SMILES string of the molecule is Cc1cc(Nc2nccc(C(F)(F)F)n2)cc(-c2ccc(N3CCC(N4CC(C(=O)O)CC4=O)CC3)nc2)c1. The van der Waals surface area contributed by atoms with E-state index in [4.69, 9.17) is 0 Å². The lowest BCUT2D eigenvalue weighted by molar-refractivity contribution is -0.142. The Labute approximate surface area is 222 Å². The van der Waals surface area contributed by atoms with Crippen LogP contribution in [-0.4, -0.2) is 62.5 Å². The number of carbonyl (C=O) groups excluding carboxylic acids is 1. The van der Waals surface area contributed by atoms with Crippen LogP contribution >= 0.6 is 0 Å². The number of piperidine rings is 1. The molecule has 1 aromatic carbocycles. The second-order valence-corrected chi connectivity index (χ2v) is 9.88. The first-order chi connectivity index (χ1) is 18.6. The maximum Gasteiger partial charge on any atom is 0.433 e. The molecule has 1 unspecified atom stereocenters. The summed E-state index contributed by atoms with van der Waals surface area (Å²) in [6, 6.07) is 10.3. The molecule has 1 amide bonds. The predicted octanol–water partition coefficient (Wildman–Crippen LogP) is 4.51. The number of likely N-dealkylation sites (tertiary alicyclic amines) is 1. The molecule has 12 heteroatoms. The van der Waals surface area contributed by atoms with Crippen LogP contribution in [0.15, 0.2) is 48.8 Å². The Kier molecular flexibility index (Phi) is 7.11. The minimum atomic E-state index is -4.56. The summed E-state index contributed by atoms with van der Waals surface area (Å²) >= 11 is 0. The van der Waals surface area contributed by atoms with Crippen molar-refractivity contribution in [1.82, 2.24) is 19.9 Å². The van der Waals surface area contributed by atoms with E-state index in [1.807, 2.05) is 25.1 Å². The molecule has 39 heavy (non-hydrogen) atoms. The molecule has 1 atom stereocenters. The number of hydrogen-bond acceptors (Lipinski definition) is 7. The lowest BCUT2D eigenvalue weighted by atomic mass is 10.0. The van der Waals surface area contributed by atoms with Crippen LogP contribution in [0.4, 0.5) is 30.6 Å². The van der Waals surface area contributed by atoms with Gasteiger partial charge in [-0.05, 0) is 61.2 Å². The molecule has 0 radical (unpaired) electrons. The molecule has 9 nitrogen and oxygen atoms in total. The van der Waals surface area contributed by atoms with Crippen molar-refractivity contribution >= 4 is 29.3 Å². The molecule has 5 rings (SSSR count). The minimum Gasteiger partial charge on any atom is -0.481 e. The van der Waals surface area contributed by atoms with Crippen LogP contribution in [0.5, 0.6) is 0 Å². The zero-order chi connectivity index (χ0) is 27.7. The number of carboxylic acids is 1.